The van der Waals surface area contributed by atoms with Gasteiger partial charge in [0.15, 0.2) is 0 Å². The molecule has 2 rings (SSSR count). The van der Waals surface area contributed by atoms with Gasteiger partial charge in [0, 0.05) is 16.9 Å². The Hall–Kier alpha value is -2.43. The van der Waals surface area contributed by atoms with Gasteiger partial charge in [-0.1, -0.05) is 0 Å². The molecule has 5 heteroatoms. The van der Waals surface area contributed by atoms with Gasteiger partial charge in [0.2, 0.25) is 0 Å². The summed E-state index contributed by atoms with van der Waals surface area (Å²) in [4.78, 5) is 11.3. The first-order chi connectivity index (χ1) is 9.38. The zero-order chi connectivity index (χ0) is 14.9. The third-order valence-electron chi connectivity index (χ3n) is 3.25. The smallest absolute Gasteiger partial charge is 0.250 e. The van der Waals surface area contributed by atoms with Gasteiger partial charge >= 0.3 is 0 Å². The van der Waals surface area contributed by atoms with Crippen molar-refractivity contribution in [3.63, 3.8) is 0 Å². The van der Waals surface area contributed by atoms with Gasteiger partial charge in [-0.25, -0.2) is 0 Å². The Bertz CT molecular complexity index is 647. The van der Waals surface area contributed by atoms with Crippen LogP contribution >= 0.6 is 0 Å². The largest absolute Gasteiger partial charge is 0.466 e. The zero-order valence-corrected chi connectivity index (χ0v) is 11.9. The molecular formula is C15H19N3O2. The fraction of sp³-hybridized carbons (Fsp3) is 0.267. The molecular weight excluding hydrogens is 254 g/mol. The van der Waals surface area contributed by atoms with E-state index in [1.807, 2.05) is 32.9 Å². The van der Waals surface area contributed by atoms with Crippen molar-refractivity contribution in [2.45, 2.75) is 26.8 Å². The standard InChI is InChI=1S/C15H19N3O2/c1-8-6-12(10(3)20-8)9(2)18-11-4-5-14(16)13(7-11)15(17)19/h4-7,9,18H,16H2,1-3H3,(H2,17,19). The summed E-state index contributed by atoms with van der Waals surface area (Å²) in [7, 11) is 0. The maximum absolute atomic E-state index is 11.3. The first-order valence-corrected chi connectivity index (χ1v) is 6.41. The van der Waals surface area contributed by atoms with Crippen LogP contribution in [-0.2, 0) is 0 Å². The lowest BCUT2D eigenvalue weighted by atomic mass is 10.1. The summed E-state index contributed by atoms with van der Waals surface area (Å²) in [5.74, 6) is 1.23. The number of furan rings is 1. The average Bonchev–Trinajstić information content (AvgIpc) is 2.70. The molecule has 0 saturated carbocycles. The number of aryl methyl sites for hydroxylation is 2. The molecule has 1 aromatic heterocycles. The van der Waals surface area contributed by atoms with Gasteiger partial charge in [0.1, 0.15) is 11.5 Å². The number of amides is 1. The third-order valence-corrected chi connectivity index (χ3v) is 3.25. The van der Waals surface area contributed by atoms with E-state index in [9.17, 15) is 4.79 Å². The molecule has 0 saturated heterocycles. The molecule has 1 amide bonds. The van der Waals surface area contributed by atoms with E-state index in [2.05, 4.69) is 5.32 Å². The molecule has 0 bridgehead atoms. The maximum Gasteiger partial charge on any atom is 0.250 e. The predicted octanol–water partition coefficient (Wildman–Crippen LogP) is 2.75. The van der Waals surface area contributed by atoms with Crippen molar-refractivity contribution in [1.82, 2.24) is 0 Å². The highest BCUT2D eigenvalue weighted by Gasteiger charge is 2.14. The summed E-state index contributed by atoms with van der Waals surface area (Å²) in [5.41, 5.74) is 13.6. The first kappa shape index (κ1) is 14.0. The number of carbonyl (C=O) groups is 1. The second kappa shape index (κ2) is 5.28. The van der Waals surface area contributed by atoms with Crippen molar-refractivity contribution in [2.24, 2.45) is 5.73 Å². The van der Waals surface area contributed by atoms with E-state index in [0.717, 1.165) is 22.8 Å². The molecule has 20 heavy (non-hydrogen) atoms. The van der Waals surface area contributed by atoms with Gasteiger partial charge in [-0.15, -0.1) is 0 Å². The fourth-order valence-corrected chi connectivity index (χ4v) is 2.27. The minimum atomic E-state index is -0.533. The van der Waals surface area contributed by atoms with Crippen molar-refractivity contribution >= 4 is 17.3 Å². The van der Waals surface area contributed by atoms with E-state index < -0.39 is 5.91 Å². The molecule has 0 aliphatic rings. The number of nitrogens with one attached hydrogen (secondary N) is 1. The van der Waals surface area contributed by atoms with Crippen molar-refractivity contribution in [2.75, 3.05) is 11.1 Å². The number of benzene rings is 1. The van der Waals surface area contributed by atoms with E-state index in [1.54, 1.807) is 12.1 Å². The van der Waals surface area contributed by atoms with Gasteiger partial charge < -0.3 is 21.2 Å². The van der Waals surface area contributed by atoms with Crippen LogP contribution in [0.2, 0.25) is 0 Å². The molecule has 1 atom stereocenters. The van der Waals surface area contributed by atoms with Crippen LogP contribution in [0, 0.1) is 13.8 Å². The molecule has 0 fully saturated rings. The summed E-state index contributed by atoms with van der Waals surface area (Å²) in [6.07, 6.45) is 0. The van der Waals surface area contributed by atoms with Crippen LogP contribution in [0.1, 0.15) is 40.4 Å². The summed E-state index contributed by atoms with van der Waals surface area (Å²) in [6, 6.07) is 7.20. The fourth-order valence-electron chi connectivity index (χ4n) is 2.27. The lowest BCUT2D eigenvalue weighted by molar-refractivity contribution is 0.100. The van der Waals surface area contributed by atoms with E-state index in [0.29, 0.717) is 11.3 Å². The highest BCUT2D eigenvalue weighted by Crippen LogP contribution is 2.26. The summed E-state index contributed by atoms with van der Waals surface area (Å²) in [5, 5.41) is 3.31. The molecule has 0 radical (unpaired) electrons. The second-order valence-corrected chi connectivity index (χ2v) is 4.90. The van der Waals surface area contributed by atoms with Crippen LogP contribution in [-0.4, -0.2) is 5.91 Å². The van der Waals surface area contributed by atoms with Crippen molar-refractivity contribution in [3.05, 3.63) is 46.9 Å². The molecule has 0 aliphatic heterocycles. The highest BCUT2D eigenvalue weighted by atomic mass is 16.3. The number of nitrogens with two attached hydrogens (primary N) is 2. The number of carbonyl (C=O) groups excluding carboxylic acids is 1. The monoisotopic (exact) mass is 273 g/mol. The van der Waals surface area contributed by atoms with Gasteiger partial charge in [-0.2, -0.15) is 0 Å². The van der Waals surface area contributed by atoms with Crippen molar-refractivity contribution < 1.29 is 9.21 Å². The number of hydrogen-bond acceptors (Lipinski definition) is 4. The predicted molar refractivity (Wildman–Crippen MR) is 79.6 cm³/mol. The molecule has 5 N–H and O–H groups in total. The van der Waals surface area contributed by atoms with Crippen LogP contribution in [0.5, 0.6) is 0 Å². The summed E-state index contributed by atoms with van der Waals surface area (Å²) < 4.78 is 5.52. The second-order valence-electron chi connectivity index (χ2n) is 4.90. The topological polar surface area (TPSA) is 94.3 Å². The Kier molecular flexibility index (Phi) is 3.70. The normalized spacial score (nSPS) is 12.2. The van der Waals surface area contributed by atoms with Crippen LogP contribution in [0.4, 0.5) is 11.4 Å². The lowest BCUT2D eigenvalue weighted by Crippen LogP contribution is -2.14. The Balaban J connectivity index is 2.24. The first-order valence-electron chi connectivity index (χ1n) is 6.41. The molecule has 0 aliphatic carbocycles. The van der Waals surface area contributed by atoms with Gasteiger partial charge in [-0.3, -0.25) is 4.79 Å². The number of anilines is 2. The molecule has 2 aromatic rings. The summed E-state index contributed by atoms with van der Waals surface area (Å²) >= 11 is 0. The Morgan fingerprint density at radius 2 is 2.00 bits per heavy atom. The average molecular weight is 273 g/mol. The molecule has 106 valence electrons. The number of nitrogen functional groups attached to an aromatic ring is 1. The molecule has 1 heterocycles. The number of primary amides is 1. The molecule has 5 nitrogen and oxygen atoms in total. The maximum atomic E-state index is 11.3. The van der Waals surface area contributed by atoms with E-state index in [4.69, 9.17) is 15.9 Å². The Morgan fingerprint density at radius 1 is 1.30 bits per heavy atom. The third kappa shape index (κ3) is 2.77. The van der Waals surface area contributed by atoms with Crippen LogP contribution in [0.3, 0.4) is 0 Å². The van der Waals surface area contributed by atoms with Gasteiger partial charge in [-0.05, 0) is 45.0 Å². The Labute approximate surface area is 117 Å². The van der Waals surface area contributed by atoms with E-state index in [-0.39, 0.29) is 6.04 Å². The zero-order valence-electron chi connectivity index (χ0n) is 11.9. The Morgan fingerprint density at radius 3 is 2.55 bits per heavy atom. The van der Waals surface area contributed by atoms with Crippen LogP contribution in [0.15, 0.2) is 28.7 Å². The molecule has 1 aromatic carbocycles. The molecule has 0 spiro atoms. The number of rotatable bonds is 4. The van der Waals surface area contributed by atoms with Gasteiger partial charge in [0.25, 0.3) is 5.91 Å². The van der Waals surface area contributed by atoms with Crippen LogP contribution in [0.25, 0.3) is 0 Å². The SMILES string of the molecule is Cc1cc(C(C)Nc2ccc(N)c(C(N)=O)c2)c(C)o1. The molecule has 1 unspecified atom stereocenters. The van der Waals surface area contributed by atoms with Gasteiger partial charge in [0.05, 0.1) is 11.6 Å². The van der Waals surface area contributed by atoms with E-state index >= 15 is 0 Å². The lowest BCUT2D eigenvalue weighted by Gasteiger charge is -2.15. The minimum Gasteiger partial charge on any atom is -0.466 e. The number of hydrogen-bond donors (Lipinski definition) is 3. The van der Waals surface area contributed by atoms with Crippen LogP contribution < -0.4 is 16.8 Å². The van der Waals surface area contributed by atoms with Crippen molar-refractivity contribution in [1.29, 1.82) is 0 Å². The van der Waals surface area contributed by atoms with Crippen molar-refractivity contribution in [3.8, 4) is 0 Å². The highest BCUT2D eigenvalue weighted by molar-refractivity contribution is 5.98. The summed E-state index contributed by atoms with van der Waals surface area (Å²) in [6.45, 7) is 5.87. The quantitative estimate of drug-likeness (QED) is 0.746. The minimum absolute atomic E-state index is 0.0526. The van der Waals surface area contributed by atoms with E-state index in [1.165, 1.54) is 0 Å².